The first kappa shape index (κ1) is 18.7. The molecule has 0 aromatic heterocycles. The second kappa shape index (κ2) is 7.60. The lowest BCUT2D eigenvalue weighted by Crippen LogP contribution is -2.36. The van der Waals surface area contributed by atoms with E-state index in [-0.39, 0.29) is 10.7 Å². The van der Waals surface area contributed by atoms with Gasteiger partial charge in [0.15, 0.2) is 5.60 Å². The van der Waals surface area contributed by atoms with Gasteiger partial charge in [0.1, 0.15) is 5.60 Å². The first-order chi connectivity index (χ1) is 7.01. The lowest BCUT2D eigenvalue weighted by molar-refractivity contribution is -0.154. The molecule has 0 aliphatic rings. The van der Waals surface area contributed by atoms with Crippen LogP contribution in [0.1, 0.15) is 13.8 Å². The van der Waals surface area contributed by atoms with Gasteiger partial charge >= 0.3 is 5.97 Å². The van der Waals surface area contributed by atoms with E-state index >= 15 is 0 Å². The van der Waals surface area contributed by atoms with E-state index in [0.717, 1.165) is 0 Å². The smallest absolute Gasteiger partial charge is 0.336 e. The molecule has 0 heterocycles. The van der Waals surface area contributed by atoms with Crippen LogP contribution in [0, 0.1) is 0 Å². The average Bonchev–Trinajstić information content (AvgIpc) is 2.18. The summed E-state index contributed by atoms with van der Waals surface area (Å²) in [4.78, 5) is 20.2. The molecule has 0 saturated heterocycles. The number of rotatable bonds is 4. The van der Waals surface area contributed by atoms with Gasteiger partial charge in [-0.3, -0.25) is 4.79 Å². The first-order valence-corrected chi connectivity index (χ1v) is 6.63. The molecule has 0 amide bonds. The SMILES string of the molecule is C[C@](O)(CBr)C(=O)Cl.C[C@](O)(CBr)C(=O)O. The summed E-state index contributed by atoms with van der Waals surface area (Å²) in [5.74, 6) is -1.21. The number of aliphatic carboxylic acids is 1. The van der Waals surface area contributed by atoms with Gasteiger partial charge in [-0.1, -0.05) is 31.9 Å². The third-order valence-corrected chi connectivity index (χ3v) is 4.00. The van der Waals surface area contributed by atoms with Crippen LogP contribution >= 0.6 is 43.5 Å². The maximum atomic E-state index is 10.2. The molecule has 5 nitrogen and oxygen atoms in total. The predicted octanol–water partition coefficient (Wildman–Crippen LogP) is 1.11. The summed E-state index contributed by atoms with van der Waals surface area (Å²) in [5, 5.41) is 25.3. The van der Waals surface area contributed by atoms with Crippen molar-refractivity contribution in [3.63, 3.8) is 0 Å². The summed E-state index contributed by atoms with van der Waals surface area (Å²) in [6.07, 6.45) is 0. The van der Waals surface area contributed by atoms with Gasteiger partial charge in [0, 0.05) is 10.7 Å². The maximum Gasteiger partial charge on any atom is 0.336 e. The molecule has 2 atom stereocenters. The zero-order valence-electron chi connectivity index (χ0n) is 8.71. The Morgan fingerprint density at radius 2 is 1.44 bits per heavy atom. The highest BCUT2D eigenvalue weighted by molar-refractivity contribution is 9.09. The number of hydrogen-bond donors (Lipinski definition) is 3. The highest BCUT2D eigenvalue weighted by Crippen LogP contribution is 2.10. The topological polar surface area (TPSA) is 94.8 Å². The first-order valence-electron chi connectivity index (χ1n) is 4.01. The van der Waals surface area contributed by atoms with Crippen LogP contribution in [0.3, 0.4) is 0 Å². The summed E-state index contributed by atoms with van der Waals surface area (Å²) in [5.41, 5.74) is -3.04. The van der Waals surface area contributed by atoms with Crippen LogP contribution in [0.2, 0.25) is 0 Å². The van der Waals surface area contributed by atoms with Crippen molar-refractivity contribution in [3.05, 3.63) is 0 Å². The van der Waals surface area contributed by atoms with Crippen LogP contribution in [0.5, 0.6) is 0 Å². The normalized spacial score (nSPS) is 17.4. The van der Waals surface area contributed by atoms with Crippen LogP contribution in [-0.4, -0.2) is 48.4 Å². The summed E-state index contributed by atoms with van der Waals surface area (Å²) >= 11 is 10.7. The van der Waals surface area contributed by atoms with Crippen molar-refractivity contribution in [3.8, 4) is 0 Å². The Morgan fingerprint density at radius 3 is 1.44 bits per heavy atom. The fourth-order valence-electron chi connectivity index (χ4n) is 0.110. The number of carbonyl (C=O) groups excluding carboxylic acids is 1. The molecular weight excluding hydrogens is 371 g/mol. The van der Waals surface area contributed by atoms with Gasteiger partial charge < -0.3 is 15.3 Å². The van der Waals surface area contributed by atoms with Crippen molar-refractivity contribution in [1.29, 1.82) is 0 Å². The molecular formula is C8H13Br2ClO5. The largest absolute Gasteiger partial charge is 0.479 e. The molecule has 0 saturated carbocycles. The molecule has 0 unspecified atom stereocenters. The van der Waals surface area contributed by atoms with Crippen LogP contribution in [0.25, 0.3) is 0 Å². The summed E-state index contributed by atoms with van der Waals surface area (Å²) in [6, 6.07) is 0. The highest BCUT2D eigenvalue weighted by atomic mass is 79.9. The lowest BCUT2D eigenvalue weighted by atomic mass is 10.1. The zero-order valence-corrected chi connectivity index (χ0v) is 12.6. The summed E-state index contributed by atoms with van der Waals surface area (Å²) < 4.78 is 0. The maximum absolute atomic E-state index is 10.2. The van der Waals surface area contributed by atoms with Crippen molar-refractivity contribution in [2.24, 2.45) is 0 Å². The lowest BCUT2D eigenvalue weighted by Gasteiger charge is -2.12. The van der Waals surface area contributed by atoms with E-state index in [9.17, 15) is 9.59 Å². The number of aliphatic hydroxyl groups is 2. The molecule has 0 aromatic carbocycles. The van der Waals surface area contributed by atoms with E-state index in [1.165, 1.54) is 13.8 Å². The average molecular weight is 384 g/mol. The number of hydrogen-bond acceptors (Lipinski definition) is 4. The van der Waals surface area contributed by atoms with Crippen LogP contribution < -0.4 is 0 Å². The molecule has 16 heavy (non-hydrogen) atoms. The highest BCUT2D eigenvalue weighted by Gasteiger charge is 2.27. The minimum atomic E-state index is -1.62. The van der Waals surface area contributed by atoms with Gasteiger partial charge in [-0.2, -0.15) is 0 Å². The van der Waals surface area contributed by atoms with Crippen molar-refractivity contribution in [2.45, 2.75) is 25.0 Å². The number of carboxylic acid groups (broad SMARTS) is 1. The van der Waals surface area contributed by atoms with E-state index in [0.29, 0.717) is 0 Å². The molecule has 0 rings (SSSR count). The number of carbonyl (C=O) groups is 2. The van der Waals surface area contributed by atoms with Gasteiger partial charge in [0.2, 0.25) is 0 Å². The standard InChI is InChI=1S/C4H6BrClO2.C4H7BrO3/c2*1-4(8,2-5)3(6)7/h8H,2H2,1H3;8H,2H2,1H3,(H,6,7)/t2*4-/m00/s1. The Bertz CT molecular complexity index is 229. The second-order valence-electron chi connectivity index (χ2n) is 3.39. The number of halogens is 3. The monoisotopic (exact) mass is 382 g/mol. The van der Waals surface area contributed by atoms with E-state index in [2.05, 4.69) is 31.9 Å². The fourth-order valence-corrected chi connectivity index (χ4v) is 0.832. The molecule has 0 spiro atoms. The van der Waals surface area contributed by atoms with Crippen LogP contribution in [0.15, 0.2) is 0 Å². The Hall–Kier alpha value is 0.310. The molecule has 96 valence electrons. The summed E-state index contributed by atoms with van der Waals surface area (Å²) in [6.45, 7) is 2.57. The van der Waals surface area contributed by atoms with Crippen molar-refractivity contribution < 1.29 is 24.9 Å². The summed E-state index contributed by atoms with van der Waals surface area (Å²) in [7, 11) is 0. The van der Waals surface area contributed by atoms with E-state index < -0.39 is 22.4 Å². The molecule has 3 N–H and O–H groups in total. The number of carboxylic acids is 1. The van der Waals surface area contributed by atoms with E-state index in [1.54, 1.807) is 0 Å². The zero-order chi connectivity index (χ0) is 13.6. The van der Waals surface area contributed by atoms with Gasteiger partial charge in [-0.05, 0) is 25.4 Å². The number of alkyl halides is 2. The third kappa shape index (κ3) is 7.56. The van der Waals surface area contributed by atoms with E-state index in [1.807, 2.05) is 0 Å². The molecule has 0 fully saturated rings. The Kier molecular flexibility index (Phi) is 8.87. The molecule has 8 heteroatoms. The van der Waals surface area contributed by atoms with Gasteiger partial charge in [0.05, 0.1) is 0 Å². The van der Waals surface area contributed by atoms with Crippen LogP contribution in [0.4, 0.5) is 0 Å². The molecule has 0 aliphatic heterocycles. The van der Waals surface area contributed by atoms with E-state index in [4.69, 9.17) is 26.9 Å². The molecule has 0 bridgehead atoms. The quantitative estimate of drug-likeness (QED) is 0.499. The van der Waals surface area contributed by atoms with Crippen molar-refractivity contribution in [2.75, 3.05) is 10.7 Å². The second-order valence-corrected chi connectivity index (χ2v) is 4.86. The van der Waals surface area contributed by atoms with Gasteiger partial charge in [0.25, 0.3) is 5.24 Å². The third-order valence-electron chi connectivity index (χ3n) is 1.40. The molecule has 0 radical (unpaired) electrons. The fraction of sp³-hybridized carbons (Fsp3) is 0.750. The van der Waals surface area contributed by atoms with Crippen LogP contribution in [-0.2, 0) is 9.59 Å². The van der Waals surface area contributed by atoms with Crippen molar-refractivity contribution in [1.82, 2.24) is 0 Å². The Morgan fingerprint density at radius 1 is 1.12 bits per heavy atom. The van der Waals surface area contributed by atoms with Crippen molar-refractivity contribution >= 4 is 54.7 Å². The minimum Gasteiger partial charge on any atom is -0.479 e. The minimum absolute atomic E-state index is 0.0509. The molecule has 0 aliphatic carbocycles. The van der Waals surface area contributed by atoms with Gasteiger partial charge in [-0.25, -0.2) is 4.79 Å². The molecule has 0 aromatic rings. The Balaban J connectivity index is 0. The Labute approximate surface area is 115 Å². The van der Waals surface area contributed by atoms with Gasteiger partial charge in [-0.15, -0.1) is 0 Å². The predicted molar refractivity (Wildman–Crippen MR) is 67.3 cm³/mol.